The van der Waals surface area contributed by atoms with Crippen LogP contribution in [0.5, 0.6) is 0 Å². The molecule has 0 aromatic heterocycles. The molecule has 2 rings (SSSR count). The summed E-state index contributed by atoms with van der Waals surface area (Å²) in [4.78, 5) is 27.1. The third-order valence-corrected chi connectivity index (χ3v) is 4.13. The Morgan fingerprint density at radius 1 is 1.29 bits per heavy atom. The fourth-order valence-electron chi connectivity index (χ4n) is 2.58. The van der Waals surface area contributed by atoms with E-state index in [1.54, 1.807) is 26.8 Å². The van der Waals surface area contributed by atoms with E-state index in [0.717, 1.165) is 5.56 Å². The zero-order valence-corrected chi connectivity index (χ0v) is 14.9. The summed E-state index contributed by atoms with van der Waals surface area (Å²) in [5.41, 5.74) is 0.265. The number of nitrogens with zero attached hydrogens (tertiary/aromatic N) is 2. The summed E-state index contributed by atoms with van der Waals surface area (Å²) in [7, 11) is 0. The summed E-state index contributed by atoms with van der Waals surface area (Å²) in [6, 6.07) is 6.57. The van der Waals surface area contributed by atoms with Crippen molar-refractivity contribution < 1.29 is 19.4 Å². The minimum absolute atomic E-state index is 0.0920. The van der Waals surface area contributed by atoms with Gasteiger partial charge in [-0.1, -0.05) is 29.8 Å². The second-order valence-corrected chi connectivity index (χ2v) is 7.25. The van der Waals surface area contributed by atoms with Gasteiger partial charge < -0.3 is 14.7 Å². The SMILES string of the molecule is CC(C)(C)OC(=O)N1CCN(Cc2ccccc2Cl)C(C(=O)O)C1. The van der Waals surface area contributed by atoms with Crippen molar-refractivity contribution in [3.05, 3.63) is 34.9 Å². The van der Waals surface area contributed by atoms with Crippen LogP contribution >= 0.6 is 11.6 Å². The lowest BCUT2D eigenvalue weighted by Gasteiger charge is -2.39. The molecule has 1 heterocycles. The van der Waals surface area contributed by atoms with E-state index in [4.69, 9.17) is 16.3 Å². The van der Waals surface area contributed by atoms with Crippen molar-refractivity contribution in [1.82, 2.24) is 9.80 Å². The molecule has 0 saturated carbocycles. The fraction of sp³-hybridized carbons (Fsp3) is 0.529. The summed E-state index contributed by atoms with van der Waals surface area (Å²) in [5, 5.41) is 10.1. The van der Waals surface area contributed by atoms with Gasteiger partial charge in [0.1, 0.15) is 11.6 Å². The molecule has 0 spiro atoms. The van der Waals surface area contributed by atoms with Crippen molar-refractivity contribution in [2.45, 2.75) is 39.0 Å². The maximum absolute atomic E-state index is 12.2. The molecule has 1 aromatic carbocycles. The number of carbonyl (C=O) groups excluding carboxylic acids is 1. The minimum Gasteiger partial charge on any atom is -0.480 e. The van der Waals surface area contributed by atoms with Crippen LogP contribution in [0, 0.1) is 0 Å². The standard InChI is InChI=1S/C17H23ClN2O4/c1-17(2,3)24-16(23)20-9-8-19(14(11-20)15(21)22)10-12-6-4-5-7-13(12)18/h4-7,14H,8-11H2,1-3H3,(H,21,22). The molecule has 0 radical (unpaired) electrons. The van der Waals surface area contributed by atoms with E-state index in [1.807, 2.05) is 23.1 Å². The molecule has 0 aliphatic carbocycles. The first-order valence-corrected chi connectivity index (χ1v) is 8.23. The number of hydrogen-bond acceptors (Lipinski definition) is 4. The summed E-state index contributed by atoms with van der Waals surface area (Å²) in [6.07, 6.45) is -0.480. The van der Waals surface area contributed by atoms with E-state index in [1.165, 1.54) is 4.90 Å². The highest BCUT2D eigenvalue weighted by Crippen LogP contribution is 2.21. The second kappa shape index (κ2) is 7.40. The molecule has 1 saturated heterocycles. The lowest BCUT2D eigenvalue weighted by Crippen LogP contribution is -2.57. The number of piperazine rings is 1. The van der Waals surface area contributed by atoms with Gasteiger partial charge in [0, 0.05) is 24.7 Å². The van der Waals surface area contributed by atoms with Crippen LogP contribution in [-0.2, 0) is 16.1 Å². The molecule has 1 amide bonds. The molecule has 7 heteroatoms. The zero-order chi connectivity index (χ0) is 17.9. The molecule has 6 nitrogen and oxygen atoms in total. The molecule has 1 N–H and O–H groups in total. The number of carbonyl (C=O) groups is 2. The van der Waals surface area contributed by atoms with E-state index in [2.05, 4.69) is 0 Å². The summed E-state index contributed by atoms with van der Waals surface area (Å²) in [5.74, 6) is -0.963. The van der Waals surface area contributed by atoms with Crippen LogP contribution in [0.25, 0.3) is 0 Å². The van der Waals surface area contributed by atoms with Crippen LogP contribution in [0.4, 0.5) is 4.79 Å². The van der Waals surface area contributed by atoms with Gasteiger partial charge in [-0.2, -0.15) is 0 Å². The van der Waals surface area contributed by atoms with Crippen molar-refractivity contribution >= 4 is 23.7 Å². The van der Waals surface area contributed by atoms with Crippen molar-refractivity contribution in [3.8, 4) is 0 Å². The summed E-state index contributed by atoms with van der Waals surface area (Å²) < 4.78 is 5.33. The van der Waals surface area contributed by atoms with E-state index in [0.29, 0.717) is 24.7 Å². The van der Waals surface area contributed by atoms with Crippen LogP contribution < -0.4 is 0 Å². The lowest BCUT2D eigenvalue weighted by atomic mass is 10.1. The van der Waals surface area contributed by atoms with Crippen molar-refractivity contribution in [2.75, 3.05) is 19.6 Å². The number of benzene rings is 1. The Hall–Kier alpha value is -1.79. The topological polar surface area (TPSA) is 70.1 Å². The van der Waals surface area contributed by atoms with Gasteiger partial charge in [0.2, 0.25) is 0 Å². The fourth-order valence-corrected chi connectivity index (χ4v) is 2.78. The first-order chi connectivity index (χ1) is 11.2. The van der Waals surface area contributed by atoms with Gasteiger partial charge >= 0.3 is 12.1 Å². The molecule has 1 unspecified atom stereocenters. The monoisotopic (exact) mass is 354 g/mol. The van der Waals surface area contributed by atoms with Gasteiger partial charge in [0.25, 0.3) is 0 Å². The first kappa shape index (κ1) is 18.5. The average molecular weight is 355 g/mol. The number of halogens is 1. The molecule has 1 atom stereocenters. The number of aliphatic carboxylic acids is 1. The van der Waals surface area contributed by atoms with Crippen LogP contribution in [0.15, 0.2) is 24.3 Å². The predicted octanol–water partition coefficient (Wildman–Crippen LogP) is 2.85. The molecule has 1 aliphatic rings. The number of ether oxygens (including phenoxy) is 1. The Morgan fingerprint density at radius 3 is 2.54 bits per heavy atom. The van der Waals surface area contributed by atoms with Gasteiger partial charge in [-0.15, -0.1) is 0 Å². The zero-order valence-electron chi connectivity index (χ0n) is 14.2. The smallest absolute Gasteiger partial charge is 0.410 e. The number of hydrogen-bond donors (Lipinski definition) is 1. The summed E-state index contributed by atoms with van der Waals surface area (Å²) >= 11 is 6.16. The Balaban J connectivity index is 2.07. The average Bonchev–Trinajstić information content (AvgIpc) is 2.48. The minimum atomic E-state index is -0.963. The molecule has 1 fully saturated rings. The second-order valence-electron chi connectivity index (χ2n) is 6.84. The van der Waals surface area contributed by atoms with Gasteiger partial charge in [-0.3, -0.25) is 9.69 Å². The molecule has 24 heavy (non-hydrogen) atoms. The van der Waals surface area contributed by atoms with Crippen LogP contribution in [-0.4, -0.2) is 58.2 Å². The molecule has 1 aromatic rings. The molecule has 0 bridgehead atoms. The molecular weight excluding hydrogens is 332 g/mol. The quantitative estimate of drug-likeness (QED) is 0.903. The maximum atomic E-state index is 12.2. The highest BCUT2D eigenvalue weighted by atomic mass is 35.5. The van der Waals surface area contributed by atoms with E-state index in [9.17, 15) is 14.7 Å². The number of carboxylic acids is 1. The Morgan fingerprint density at radius 2 is 1.96 bits per heavy atom. The van der Waals surface area contributed by atoms with Gasteiger partial charge in [0.05, 0.1) is 6.54 Å². The van der Waals surface area contributed by atoms with Crippen LogP contribution in [0.3, 0.4) is 0 Å². The number of carboxylic acid groups (broad SMARTS) is 1. The highest BCUT2D eigenvalue weighted by molar-refractivity contribution is 6.31. The van der Waals surface area contributed by atoms with Gasteiger partial charge in [0.15, 0.2) is 0 Å². The van der Waals surface area contributed by atoms with Crippen LogP contribution in [0.2, 0.25) is 5.02 Å². The molecular formula is C17H23ClN2O4. The Labute approximate surface area is 146 Å². The van der Waals surface area contributed by atoms with E-state index >= 15 is 0 Å². The predicted molar refractivity (Wildman–Crippen MR) is 91.1 cm³/mol. The third kappa shape index (κ3) is 4.85. The number of rotatable bonds is 3. The van der Waals surface area contributed by atoms with Gasteiger partial charge in [-0.05, 0) is 32.4 Å². The van der Waals surface area contributed by atoms with E-state index in [-0.39, 0.29) is 6.54 Å². The lowest BCUT2D eigenvalue weighted by molar-refractivity contribution is -0.145. The number of amides is 1. The van der Waals surface area contributed by atoms with Crippen molar-refractivity contribution in [3.63, 3.8) is 0 Å². The Kier molecular flexibility index (Phi) is 5.72. The Bertz CT molecular complexity index is 615. The van der Waals surface area contributed by atoms with Crippen LogP contribution in [0.1, 0.15) is 26.3 Å². The normalized spacial score (nSPS) is 19.2. The molecule has 1 aliphatic heterocycles. The highest BCUT2D eigenvalue weighted by Gasteiger charge is 2.36. The van der Waals surface area contributed by atoms with Crippen molar-refractivity contribution in [2.24, 2.45) is 0 Å². The third-order valence-electron chi connectivity index (χ3n) is 3.76. The van der Waals surface area contributed by atoms with Gasteiger partial charge in [-0.25, -0.2) is 4.79 Å². The largest absolute Gasteiger partial charge is 0.480 e. The van der Waals surface area contributed by atoms with Crippen molar-refractivity contribution in [1.29, 1.82) is 0 Å². The van der Waals surface area contributed by atoms with E-state index < -0.39 is 23.7 Å². The first-order valence-electron chi connectivity index (χ1n) is 7.85. The maximum Gasteiger partial charge on any atom is 0.410 e. The summed E-state index contributed by atoms with van der Waals surface area (Å²) in [6.45, 7) is 6.74. The molecule has 132 valence electrons.